The molecule has 2 aliphatic rings. The van der Waals surface area contributed by atoms with Crippen LogP contribution in [-0.4, -0.2) is 25.8 Å². The van der Waals surface area contributed by atoms with Crippen LogP contribution in [0.3, 0.4) is 0 Å². The second-order valence-corrected chi connectivity index (χ2v) is 4.70. The number of likely N-dealkylation sites (N-methyl/N-ethyl adjacent to an activating group) is 1. The summed E-state index contributed by atoms with van der Waals surface area (Å²) in [4.78, 5) is 0. The van der Waals surface area contributed by atoms with Gasteiger partial charge in [-0.05, 0) is 45.6 Å². The van der Waals surface area contributed by atoms with Crippen molar-refractivity contribution in [1.82, 2.24) is 5.32 Å². The van der Waals surface area contributed by atoms with E-state index < -0.39 is 0 Å². The van der Waals surface area contributed by atoms with Crippen molar-refractivity contribution in [3.05, 3.63) is 11.6 Å². The third-order valence-electron chi connectivity index (χ3n) is 3.62. The summed E-state index contributed by atoms with van der Waals surface area (Å²) in [5, 5.41) is 3.45. The Morgan fingerprint density at radius 1 is 1.33 bits per heavy atom. The molecule has 0 radical (unpaired) electrons. The molecule has 0 amide bonds. The Morgan fingerprint density at radius 2 is 2.27 bits per heavy atom. The van der Waals surface area contributed by atoms with Gasteiger partial charge in [0.25, 0.3) is 0 Å². The Bertz CT molecular complexity index is 219. The molecule has 1 N–H and O–H groups in total. The molecule has 0 bridgehead atoms. The lowest BCUT2D eigenvalue weighted by Gasteiger charge is -2.25. The van der Waals surface area contributed by atoms with Gasteiger partial charge in [0.1, 0.15) is 0 Å². The van der Waals surface area contributed by atoms with Crippen molar-refractivity contribution >= 4 is 0 Å². The van der Waals surface area contributed by atoms with Crippen LogP contribution in [-0.2, 0) is 4.74 Å². The average molecular weight is 209 g/mol. The fraction of sp³-hybridized carbons (Fsp3) is 0.846. The number of hydrogen-bond acceptors (Lipinski definition) is 2. The predicted molar refractivity (Wildman–Crippen MR) is 63.0 cm³/mol. The molecule has 86 valence electrons. The van der Waals surface area contributed by atoms with E-state index in [1.807, 2.05) is 0 Å². The van der Waals surface area contributed by atoms with Crippen LogP contribution in [0.4, 0.5) is 0 Å². The SMILES string of the molecule is CNC(C1=CCCCCC1)C1CCCO1. The van der Waals surface area contributed by atoms with Crippen LogP contribution in [0.2, 0.25) is 0 Å². The standard InChI is InChI=1S/C13H23NO/c1-14-13(12-9-6-10-15-12)11-7-4-2-3-5-8-11/h7,12-14H,2-6,8-10H2,1H3. The fourth-order valence-electron chi connectivity index (χ4n) is 2.80. The van der Waals surface area contributed by atoms with E-state index in [9.17, 15) is 0 Å². The van der Waals surface area contributed by atoms with E-state index in [0.717, 1.165) is 6.61 Å². The van der Waals surface area contributed by atoms with Crippen LogP contribution in [0.1, 0.15) is 44.9 Å². The highest BCUT2D eigenvalue weighted by Gasteiger charge is 2.27. The van der Waals surface area contributed by atoms with Crippen LogP contribution >= 0.6 is 0 Å². The molecule has 0 aromatic carbocycles. The van der Waals surface area contributed by atoms with E-state index in [1.165, 1.54) is 44.9 Å². The Labute approximate surface area is 93.1 Å². The van der Waals surface area contributed by atoms with Gasteiger partial charge >= 0.3 is 0 Å². The van der Waals surface area contributed by atoms with Crippen LogP contribution in [0.5, 0.6) is 0 Å². The largest absolute Gasteiger partial charge is 0.376 e. The van der Waals surface area contributed by atoms with Gasteiger partial charge in [-0.15, -0.1) is 0 Å². The number of rotatable bonds is 3. The maximum Gasteiger partial charge on any atom is 0.0767 e. The summed E-state index contributed by atoms with van der Waals surface area (Å²) in [6.07, 6.45) is 12.0. The first-order valence-electron chi connectivity index (χ1n) is 6.39. The highest BCUT2D eigenvalue weighted by Crippen LogP contribution is 2.26. The van der Waals surface area contributed by atoms with Crippen molar-refractivity contribution in [3.8, 4) is 0 Å². The van der Waals surface area contributed by atoms with Gasteiger partial charge in [0.15, 0.2) is 0 Å². The van der Waals surface area contributed by atoms with Gasteiger partial charge in [-0.3, -0.25) is 0 Å². The molecular formula is C13H23NO. The first kappa shape index (κ1) is 11.2. The van der Waals surface area contributed by atoms with Crippen molar-refractivity contribution in [2.75, 3.05) is 13.7 Å². The van der Waals surface area contributed by atoms with E-state index >= 15 is 0 Å². The van der Waals surface area contributed by atoms with E-state index in [4.69, 9.17) is 4.74 Å². The summed E-state index contributed by atoms with van der Waals surface area (Å²) in [5.41, 5.74) is 1.60. The van der Waals surface area contributed by atoms with Crippen molar-refractivity contribution in [3.63, 3.8) is 0 Å². The zero-order chi connectivity index (χ0) is 10.5. The molecule has 0 aromatic heterocycles. The Morgan fingerprint density at radius 3 is 3.00 bits per heavy atom. The Hall–Kier alpha value is -0.340. The minimum absolute atomic E-state index is 0.430. The molecule has 2 rings (SSSR count). The first-order valence-corrected chi connectivity index (χ1v) is 6.39. The molecule has 2 atom stereocenters. The van der Waals surface area contributed by atoms with E-state index in [1.54, 1.807) is 5.57 Å². The number of ether oxygens (including phenoxy) is 1. The monoisotopic (exact) mass is 209 g/mol. The zero-order valence-corrected chi connectivity index (χ0v) is 9.80. The molecule has 2 heteroatoms. The smallest absolute Gasteiger partial charge is 0.0767 e. The Balaban J connectivity index is 2.00. The first-order chi connectivity index (χ1) is 7.42. The van der Waals surface area contributed by atoms with Gasteiger partial charge in [0.05, 0.1) is 12.1 Å². The van der Waals surface area contributed by atoms with Crippen LogP contribution in [0.15, 0.2) is 11.6 Å². The minimum atomic E-state index is 0.430. The van der Waals surface area contributed by atoms with Gasteiger partial charge in [-0.1, -0.05) is 18.1 Å². The summed E-state index contributed by atoms with van der Waals surface area (Å²) in [5.74, 6) is 0. The molecular weight excluding hydrogens is 186 g/mol. The lowest BCUT2D eigenvalue weighted by atomic mass is 9.96. The van der Waals surface area contributed by atoms with Gasteiger partial charge in [0.2, 0.25) is 0 Å². The summed E-state index contributed by atoms with van der Waals surface area (Å²) in [7, 11) is 2.07. The summed E-state index contributed by atoms with van der Waals surface area (Å²) >= 11 is 0. The van der Waals surface area contributed by atoms with E-state index in [-0.39, 0.29) is 0 Å². The van der Waals surface area contributed by atoms with Gasteiger partial charge in [0, 0.05) is 6.61 Å². The third-order valence-corrected chi connectivity index (χ3v) is 3.62. The molecule has 15 heavy (non-hydrogen) atoms. The fourth-order valence-corrected chi connectivity index (χ4v) is 2.80. The molecule has 1 aliphatic carbocycles. The number of hydrogen-bond donors (Lipinski definition) is 1. The summed E-state index contributed by atoms with van der Waals surface area (Å²) in [6.45, 7) is 0.954. The minimum Gasteiger partial charge on any atom is -0.376 e. The molecule has 2 unspecified atom stereocenters. The topological polar surface area (TPSA) is 21.3 Å². The highest BCUT2D eigenvalue weighted by molar-refractivity contribution is 5.14. The maximum atomic E-state index is 5.80. The zero-order valence-electron chi connectivity index (χ0n) is 9.80. The lowest BCUT2D eigenvalue weighted by molar-refractivity contribution is 0.0896. The van der Waals surface area contributed by atoms with Gasteiger partial charge in [-0.25, -0.2) is 0 Å². The predicted octanol–water partition coefficient (Wildman–Crippen LogP) is 2.64. The average Bonchev–Trinajstić information content (AvgIpc) is 2.63. The van der Waals surface area contributed by atoms with Crippen LogP contribution in [0.25, 0.3) is 0 Å². The number of allylic oxidation sites excluding steroid dienone is 1. The normalized spacial score (nSPS) is 29.7. The summed E-state index contributed by atoms with van der Waals surface area (Å²) in [6, 6.07) is 0.477. The maximum absolute atomic E-state index is 5.80. The second-order valence-electron chi connectivity index (χ2n) is 4.70. The van der Waals surface area contributed by atoms with Crippen LogP contribution < -0.4 is 5.32 Å². The highest BCUT2D eigenvalue weighted by atomic mass is 16.5. The van der Waals surface area contributed by atoms with E-state index in [0.29, 0.717) is 12.1 Å². The molecule has 2 nitrogen and oxygen atoms in total. The molecule has 0 spiro atoms. The Kier molecular flexibility index (Phi) is 4.21. The van der Waals surface area contributed by atoms with Crippen LogP contribution in [0, 0.1) is 0 Å². The third kappa shape index (κ3) is 2.82. The molecule has 0 saturated carbocycles. The van der Waals surface area contributed by atoms with E-state index in [2.05, 4.69) is 18.4 Å². The van der Waals surface area contributed by atoms with Crippen molar-refractivity contribution in [1.29, 1.82) is 0 Å². The van der Waals surface area contributed by atoms with Crippen molar-refractivity contribution < 1.29 is 4.74 Å². The van der Waals surface area contributed by atoms with Gasteiger partial charge in [-0.2, -0.15) is 0 Å². The van der Waals surface area contributed by atoms with Crippen molar-refractivity contribution in [2.24, 2.45) is 0 Å². The molecule has 1 fully saturated rings. The quantitative estimate of drug-likeness (QED) is 0.721. The van der Waals surface area contributed by atoms with Crippen molar-refractivity contribution in [2.45, 2.75) is 57.1 Å². The molecule has 1 heterocycles. The molecule has 0 aromatic rings. The lowest BCUT2D eigenvalue weighted by Crippen LogP contribution is -2.38. The molecule has 1 aliphatic heterocycles. The number of nitrogens with one attached hydrogen (secondary N) is 1. The van der Waals surface area contributed by atoms with Gasteiger partial charge < -0.3 is 10.1 Å². The summed E-state index contributed by atoms with van der Waals surface area (Å²) < 4.78 is 5.80. The molecule has 1 saturated heterocycles. The second kappa shape index (κ2) is 5.66.